The van der Waals surface area contributed by atoms with E-state index in [9.17, 15) is 9.59 Å². The van der Waals surface area contributed by atoms with Crippen LogP contribution >= 0.6 is 11.3 Å². The van der Waals surface area contributed by atoms with Crippen LogP contribution in [0.25, 0.3) is 0 Å². The fraction of sp³-hybridized carbons (Fsp3) is 0.333. The van der Waals surface area contributed by atoms with Crippen LogP contribution in [0.1, 0.15) is 43.6 Å². The number of fused-ring (bicyclic) bond motifs is 1. The number of carbonyl (C=O) groups is 2. The number of rotatable bonds is 5. The number of nitrogens with one attached hydrogen (secondary N) is 2. The summed E-state index contributed by atoms with van der Waals surface area (Å²) in [5.74, 6) is 0.481. The summed E-state index contributed by atoms with van der Waals surface area (Å²) in [5, 5.41) is 6.15. The lowest BCUT2D eigenvalue weighted by Crippen LogP contribution is -2.38. The summed E-state index contributed by atoms with van der Waals surface area (Å²) in [5.41, 5.74) is 1.77. The zero-order valence-corrected chi connectivity index (χ0v) is 15.8. The minimum absolute atomic E-state index is 0.233. The van der Waals surface area contributed by atoms with Crippen LogP contribution in [0.5, 0.6) is 11.5 Å². The van der Waals surface area contributed by atoms with E-state index in [1.54, 1.807) is 33.3 Å². The SMILES string of the molecule is CCOC(=O)c1sc(C)c2c1N[C@H](c1ccc(OC)c(OC)c1)NC2=O. The molecule has 3 rings (SSSR count). The highest BCUT2D eigenvalue weighted by molar-refractivity contribution is 7.15. The van der Waals surface area contributed by atoms with Gasteiger partial charge < -0.3 is 24.8 Å². The number of hydrogen-bond acceptors (Lipinski definition) is 7. The monoisotopic (exact) mass is 376 g/mol. The van der Waals surface area contributed by atoms with Gasteiger partial charge in [-0.25, -0.2) is 4.79 Å². The molecule has 138 valence electrons. The van der Waals surface area contributed by atoms with Crippen molar-refractivity contribution in [1.82, 2.24) is 5.32 Å². The largest absolute Gasteiger partial charge is 0.493 e. The summed E-state index contributed by atoms with van der Waals surface area (Å²) in [6, 6.07) is 5.38. The number of amides is 1. The van der Waals surface area contributed by atoms with Gasteiger partial charge in [-0.3, -0.25) is 4.79 Å². The second-order valence-electron chi connectivity index (χ2n) is 5.62. The maximum absolute atomic E-state index is 12.6. The molecule has 1 aromatic carbocycles. The van der Waals surface area contributed by atoms with E-state index >= 15 is 0 Å². The smallest absolute Gasteiger partial charge is 0.350 e. The molecule has 0 unspecified atom stereocenters. The maximum atomic E-state index is 12.6. The molecule has 1 atom stereocenters. The summed E-state index contributed by atoms with van der Waals surface area (Å²) >= 11 is 1.25. The van der Waals surface area contributed by atoms with Gasteiger partial charge in [-0.05, 0) is 31.5 Å². The standard InChI is InChI=1S/C18H20N2O5S/c1-5-25-18(22)15-14-13(9(2)26-15)17(21)20-16(19-14)10-6-7-11(23-3)12(8-10)24-4/h6-8,16,19H,5H2,1-4H3,(H,20,21)/t16-/m0/s1. The van der Waals surface area contributed by atoms with Crippen LogP contribution in [0.4, 0.5) is 5.69 Å². The Morgan fingerprint density at radius 3 is 2.58 bits per heavy atom. The molecule has 1 aromatic heterocycles. The topological polar surface area (TPSA) is 85.9 Å². The van der Waals surface area contributed by atoms with Gasteiger partial charge in [0.25, 0.3) is 5.91 Å². The van der Waals surface area contributed by atoms with Gasteiger partial charge in [-0.2, -0.15) is 0 Å². The molecule has 2 N–H and O–H groups in total. The third kappa shape index (κ3) is 3.08. The molecule has 0 saturated heterocycles. The van der Waals surface area contributed by atoms with Crippen LogP contribution in [0, 0.1) is 6.92 Å². The number of methoxy groups -OCH3 is 2. The third-order valence-corrected chi connectivity index (χ3v) is 5.16. The lowest BCUT2D eigenvalue weighted by molar-refractivity contribution is 0.0533. The zero-order valence-electron chi connectivity index (χ0n) is 15.0. The fourth-order valence-corrected chi connectivity index (χ4v) is 3.89. The van der Waals surface area contributed by atoms with E-state index in [2.05, 4.69) is 10.6 Å². The number of anilines is 1. The quantitative estimate of drug-likeness (QED) is 0.780. The molecule has 0 spiro atoms. The first-order chi connectivity index (χ1) is 12.5. The highest BCUT2D eigenvalue weighted by atomic mass is 32.1. The molecule has 2 aromatic rings. The normalized spacial score (nSPS) is 15.5. The Morgan fingerprint density at radius 1 is 1.19 bits per heavy atom. The molecule has 2 heterocycles. The van der Waals surface area contributed by atoms with Gasteiger partial charge in [-0.1, -0.05) is 6.07 Å². The molecule has 0 fully saturated rings. The number of carbonyl (C=O) groups excluding carboxylic acids is 2. The fourth-order valence-electron chi connectivity index (χ4n) is 2.88. The molecule has 1 amide bonds. The third-order valence-electron chi connectivity index (χ3n) is 4.08. The first-order valence-corrected chi connectivity index (χ1v) is 8.91. The van der Waals surface area contributed by atoms with Gasteiger partial charge in [0.15, 0.2) is 11.5 Å². The molecule has 0 saturated carbocycles. The highest BCUT2D eigenvalue weighted by Gasteiger charge is 2.33. The summed E-state index contributed by atoms with van der Waals surface area (Å²) in [6.07, 6.45) is -0.503. The van der Waals surface area contributed by atoms with Crippen molar-refractivity contribution in [3.8, 4) is 11.5 Å². The molecule has 7 nitrogen and oxygen atoms in total. The number of benzene rings is 1. The van der Waals surface area contributed by atoms with Crippen LogP contribution in [0.2, 0.25) is 0 Å². The second kappa shape index (κ2) is 7.25. The average Bonchev–Trinajstić information content (AvgIpc) is 2.98. The van der Waals surface area contributed by atoms with Gasteiger partial charge in [0.1, 0.15) is 11.0 Å². The highest BCUT2D eigenvalue weighted by Crippen LogP contribution is 2.39. The molecular formula is C18H20N2O5S. The maximum Gasteiger partial charge on any atom is 0.350 e. The Labute approximate surface area is 155 Å². The lowest BCUT2D eigenvalue weighted by atomic mass is 10.1. The molecule has 8 heteroatoms. The van der Waals surface area contributed by atoms with Crippen molar-refractivity contribution in [1.29, 1.82) is 0 Å². The molecule has 0 aliphatic carbocycles. The molecule has 26 heavy (non-hydrogen) atoms. The molecular weight excluding hydrogens is 356 g/mol. The van der Waals surface area contributed by atoms with Gasteiger partial charge in [0, 0.05) is 4.88 Å². The van der Waals surface area contributed by atoms with Crippen LogP contribution < -0.4 is 20.1 Å². The number of hydrogen-bond donors (Lipinski definition) is 2. The van der Waals surface area contributed by atoms with Crippen molar-refractivity contribution < 1.29 is 23.8 Å². The minimum Gasteiger partial charge on any atom is -0.493 e. The van der Waals surface area contributed by atoms with Crippen molar-refractivity contribution in [2.45, 2.75) is 20.0 Å². The predicted octanol–water partition coefficient (Wildman–Crippen LogP) is 3.10. The lowest BCUT2D eigenvalue weighted by Gasteiger charge is -2.27. The van der Waals surface area contributed by atoms with Crippen molar-refractivity contribution in [3.05, 3.63) is 39.1 Å². The Morgan fingerprint density at radius 2 is 1.92 bits per heavy atom. The molecule has 0 radical (unpaired) electrons. The number of thiophene rings is 1. The first kappa shape index (κ1) is 18.1. The first-order valence-electron chi connectivity index (χ1n) is 8.10. The molecule has 0 bridgehead atoms. The minimum atomic E-state index is -0.503. The van der Waals surface area contributed by atoms with Gasteiger partial charge in [0.05, 0.1) is 32.1 Å². The van der Waals surface area contributed by atoms with Crippen molar-refractivity contribution in [2.75, 3.05) is 26.1 Å². The Bertz CT molecular complexity index is 862. The summed E-state index contributed by atoms with van der Waals surface area (Å²) in [6.45, 7) is 3.83. The van der Waals surface area contributed by atoms with E-state index in [1.165, 1.54) is 11.3 Å². The summed E-state index contributed by atoms with van der Waals surface area (Å²) in [7, 11) is 3.11. The van der Waals surface area contributed by atoms with Crippen LogP contribution in [0.15, 0.2) is 18.2 Å². The Kier molecular flexibility index (Phi) is 5.03. The van der Waals surface area contributed by atoms with Crippen LogP contribution in [-0.4, -0.2) is 32.7 Å². The number of esters is 1. The van der Waals surface area contributed by atoms with E-state index < -0.39 is 12.1 Å². The number of ether oxygens (including phenoxy) is 3. The van der Waals surface area contributed by atoms with Crippen molar-refractivity contribution >= 4 is 28.9 Å². The van der Waals surface area contributed by atoms with E-state index in [1.807, 2.05) is 13.0 Å². The van der Waals surface area contributed by atoms with Crippen LogP contribution in [0.3, 0.4) is 0 Å². The van der Waals surface area contributed by atoms with E-state index in [4.69, 9.17) is 14.2 Å². The average molecular weight is 376 g/mol. The second-order valence-corrected chi connectivity index (χ2v) is 6.85. The number of aryl methyl sites for hydroxylation is 1. The zero-order chi connectivity index (χ0) is 18.8. The Balaban J connectivity index is 1.99. The van der Waals surface area contributed by atoms with Gasteiger partial charge in [-0.15, -0.1) is 11.3 Å². The van der Waals surface area contributed by atoms with Gasteiger partial charge >= 0.3 is 5.97 Å². The summed E-state index contributed by atoms with van der Waals surface area (Å²) < 4.78 is 15.7. The van der Waals surface area contributed by atoms with E-state index in [0.29, 0.717) is 27.6 Å². The summed E-state index contributed by atoms with van der Waals surface area (Å²) in [4.78, 5) is 26.0. The van der Waals surface area contributed by atoms with Crippen molar-refractivity contribution in [3.63, 3.8) is 0 Å². The van der Waals surface area contributed by atoms with Gasteiger partial charge in [0.2, 0.25) is 0 Å². The van der Waals surface area contributed by atoms with E-state index in [-0.39, 0.29) is 12.5 Å². The Hall–Kier alpha value is -2.74. The molecule has 1 aliphatic rings. The molecule has 1 aliphatic heterocycles. The van der Waals surface area contributed by atoms with Crippen molar-refractivity contribution in [2.24, 2.45) is 0 Å². The predicted molar refractivity (Wildman–Crippen MR) is 98.4 cm³/mol. The van der Waals surface area contributed by atoms with Crippen LogP contribution in [-0.2, 0) is 4.74 Å². The van der Waals surface area contributed by atoms with E-state index in [0.717, 1.165) is 10.4 Å².